The summed E-state index contributed by atoms with van der Waals surface area (Å²) in [5, 5.41) is 6.87. The maximum absolute atomic E-state index is 12.4. The van der Waals surface area contributed by atoms with Crippen LogP contribution in [0.4, 0.5) is 13.2 Å². The topological polar surface area (TPSA) is 30.2 Å². The Kier molecular flexibility index (Phi) is 2.11. The van der Waals surface area contributed by atoms with Gasteiger partial charge in [0.2, 0.25) is 0 Å². The molecule has 0 fully saturated rings. The average Bonchev–Trinajstić information content (AvgIpc) is 2.45. The van der Waals surface area contributed by atoms with Crippen molar-refractivity contribution in [1.29, 1.82) is 0 Å². The van der Waals surface area contributed by atoms with Crippen molar-refractivity contribution in [3.05, 3.63) is 28.7 Å². The van der Waals surface area contributed by atoms with E-state index in [2.05, 4.69) is 10.2 Å². The highest BCUT2D eigenvalue weighted by molar-refractivity contribution is 6.31. The largest absolute Gasteiger partial charge is 0.418 e. The van der Waals surface area contributed by atoms with Crippen LogP contribution in [-0.2, 0) is 6.18 Å². The Bertz CT molecular complexity index is 518. The van der Waals surface area contributed by atoms with Crippen molar-refractivity contribution < 1.29 is 13.2 Å². The summed E-state index contributed by atoms with van der Waals surface area (Å²) in [5.74, 6) is 0.487. The van der Waals surface area contributed by atoms with Gasteiger partial charge in [0, 0.05) is 6.20 Å². The summed E-state index contributed by atoms with van der Waals surface area (Å²) in [6.45, 7) is 1.63. The number of rotatable bonds is 0. The van der Waals surface area contributed by atoms with Gasteiger partial charge < -0.3 is 0 Å². The Morgan fingerprint density at radius 3 is 2.60 bits per heavy atom. The van der Waals surface area contributed by atoms with Crippen LogP contribution in [0, 0.1) is 6.92 Å². The molecule has 0 unspecified atom stereocenters. The molecule has 7 heteroatoms. The first-order chi connectivity index (χ1) is 6.89. The van der Waals surface area contributed by atoms with Crippen molar-refractivity contribution in [2.75, 3.05) is 0 Å². The molecule has 15 heavy (non-hydrogen) atoms. The van der Waals surface area contributed by atoms with Gasteiger partial charge >= 0.3 is 6.18 Å². The summed E-state index contributed by atoms with van der Waals surface area (Å²) >= 11 is 5.52. The molecular weight excluding hydrogens is 231 g/mol. The molecule has 0 aliphatic heterocycles. The van der Waals surface area contributed by atoms with Crippen molar-refractivity contribution in [3.63, 3.8) is 0 Å². The van der Waals surface area contributed by atoms with E-state index >= 15 is 0 Å². The second kappa shape index (κ2) is 3.10. The van der Waals surface area contributed by atoms with Crippen LogP contribution in [0.2, 0.25) is 5.02 Å². The minimum Gasteiger partial charge on any atom is -0.285 e. The highest BCUT2D eigenvalue weighted by Crippen LogP contribution is 2.35. The van der Waals surface area contributed by atoms with E-state index in [0.29, 0.717) is 5.82 Å². The Labute approximate surface area is 87.5 Å². The van der Waals surface area contributed by atoms with Gasteiger partial charge in [0.25, 0.3) is 0 Å². The number of hydrogen-bond acceptors (Lipinski definition) is 2. The minimum atomic E-state index is -4.47. The Hall–Kier alpha value is -1.30. The molecule has 0 saturated carbocycles. The molecule has 0 N–H and O–H groups in total. The first-order valence-corrected chi connectivity index (χ1v) is 4.35. The predicted molar refractivity (Wildman–Crippen MR) is 47.7 cm³/mol. The molecule has 2 rings (SSSR count). The molecule has 2 heterocycles. The van der Waals surface area contributed by atoms with E-state index in [0.717, 1.165) is 12.3 Å². The monoisotopic (exact) mass is 235 g/mol. The summed E-state index contributed by atoms with van der Waals surface area (Å²) in [5.41, 5.74) is -0.770. The highest BCUT2D eigenvalue weighted by Gasteiger charge is 2.34. The fraction of sp³-hybridized carbons (Fsp3) is 0.250. The second-order valence-corrected chi connectivity index (χ2v) is 3.42. The number of aryl methyl sites for hydroxylation is 1. The van der Waals surface area contributed by atoms with Gasteiger partial charge in [0.15, 0.2) is 5.65 Å². The third kappa shape index (κ3) is 1.65. The number of alkyl halides is 3. The van der Waals surface area contributed by atoms with Gasteiger partial charge in [-0.2, -0.15) is 13.2 Å². The van der Waals surface area contributed by atoms with Gasteiger partial charge in [0.1, 0.15) is 5.82 Å². The molecule has 0 atom stereocenters. The van der Waals surface area contributed by atoms with Crippen LogP contribution in [0.3, 0.4) is 0 Å². The van der Waals surface area contributed by atoms with Gasteiger partial charge in [-0.1, -0.05) is 11.6 Å². The summed E-state index contributed by atoms with van der Waals surface area (Å²) in [4.78, 5) is 0. The zero-order valence-electron chi connectivity index (χ0n) is 7.51. The van der Waals surface area contributed by atoms with E-state index in [1.807, 2.05) is 0 Å². The number of fused-ring (bicyclic) bond motifs is 1. The van der Waals surface area contributed by atoms with E-state index in [1.54, 1.807) is 6.92 Å². The molecule has 0 bridgehead atoms. The zero-order chi connectivity index (χ0) is 11.2. The fourth-order valence-electron chi connectivity index (χ4n) is 1.24. The van der Waals surface area contributed by atoms with Gasteiger partial charge in [-0.25, -0.2) is 0 Å². The normalized spacial score (nSPS) is 12.3. The zero-order valence-corrected chi connectivity index (χ0v) is 8.26. The van der Waals surface area contributed by atoms with E-state index in [-0.39, 0.29) is 10.7 Å². The average molecular weight is 236 g/mol. The number of pyridine rings is 1. The second-order valence-electron chi connectivity index (χ2n) is 3.01. The van der Waals surface area contributed by atoms with E-state index in [1.165, 1.54) is 4.40 Å². The van der Waals surface area contributed by atoms with Crippen molar-refractivity contribution in [3.8, 4) is 0 Å². The fourth-order valence-corrected chi connectivity index (χ4v) is 1.50. The first-order valence-electron chi connectivity index (χ1n) is 3.97. The summed E-state index contributed by atoms with van der Waals surface area (Å²) in [7, 11) is 0. The quantitative estimate of drug-likeness (QED) is 0.703. The van der Waals surface area contributed by atoms with E-state index in [9.17, 15) is 13.2 Å². The van der Waals surface area contributed by atoms with Crippen molar-refractivity contribution in [2.45, 2.75) is 13.1 Å². The molecule has 2 aromatic heterocycles. The number of halogens is 4. The van der Waals surface area contributed by atoms with Crippen molar-refractivity contribution >= 4 is 17.2 Å². The molecule has 0 aromatic carbocycles. The lowest BCUT2D eigenvalue weighted by atomic mass is 10.2. The Morgan fingerprint density at radius 1 is 1.33 bits per heavy atom. The standard InChI is InChI=1S/C8H5ClF3N3/c1-4-13-14-7-2-5(8(10,11)12)6(9)3-15(4)7/h2-3H,1H3. The van der Waals surface area contributed by atoms with Crippen LogP contribution in [-0.4, -0.2) is 14.6 Å². The van der Waals surface area contributed by atoms with Crippen LogP contribution in [0.1, 0.15) is 11.4 Å². The molecule has 0 spiro atoms. The van der Waals surface area contributed by atoms with Crippen LogP contribution in [0.25, 0.3) is 5.65 Å². The van der Waals surface area contributed by atoms with E-state index < -0.39 is 11.7 Å². The Balaban J connectivity index is 2.74. The Morgan fingerprint density at radius 2 is 2.00 bits per heavy atom. The van der Waals surface area contributed by atoms with Crippen LogP contribution >= 0.6 is 11.6 Å². The van der Waals surface area contributed by atoms with Crippen LogP contribution < -0.4 is 0 Å². The lowest BCUT2D eigenvalue weighted by Crippen LogP contribution is -2.07. The molecule has 0 aliphatic carbocycles. The molecule has 2 aromatic rings. The summed E-state index contributed by atoms with van der Waals surface area (Å²) in [6, 6.07) is 0.877. The number of hydrogen-bond donors (Lipinski definition) is 0. The maximum atomic E-state index is 12.4. The minimum absolute atomic E-state index is 0.129. The van der Waals surface area contributed by atoms with Crippen molar-refractivity contribution in [1.82, 2.24) is 14.6 Å². The number of nitrogens with zero attached hydrogens (tertiary/aromatic N) is 3. The molecule has 0 amide bonds. The highest BCUT2D eigenvalue weighted by atomic mass is 35.5. The lowest BCUT2D eigenvalue weighted by Gasteiger charge is -2.08. The third-order valence-corrected chi connectivity index (χ3v) is 2.27. The molecule has 0 saturated heterocycles. The predicted octanol–water partition coefficient (Wildman–Crippen LogP) is 2.71. The third-order valence-electron chi connectivity index (χ3n) is 1.97. The van der Waals surface area contributed by atoms with Gasteiger partial charge in [-0.05, 0) is 13.0 Å². The van der Waals surface area contributed by atoms with E-state index in [4.69, 9.17) is 11.6 Å². The van der Waals surface area contributed by atoms with Gasteiger partial charge in [-0.15, -0.1) is 10.2 Å². The molecule has 0 aliphatic rings. The lowest BCUT2D eigenvalue weighted by molar-refractivity contribution is -0.137. The SMILES string of the molecule is Cc1nnc2cc(C(F)(F)F)c(Cl)cn12. The summed E-state index contributed by atoms with van der Waals surface area (Å²) in [6.07, 6.45) is -3.31. The smallest absolute Gasteiger partial charge is 0.285 e. The maximum Gasteiger partial charge on any atom is 0.418 e. The molecular formula is C8H5ClF3N3. The van der Waals surface area contributed by atoms with Crippen molar-refractivity contribution in [2.24, 2.45) is 0 Å². The summed E-state index contributed by atoms with van der Waals surface area (Å²) < 4.78 is 38.7. The molecule has 3 nitrogen and oxygen atoms in total. The molecule has 80 valence electrons. The van der Waals surface area contributed by atoms with Crippen LogP contribution in [0.5, 0.6) is 0 Å². The number of aromatic nitrogens is 3. The van der Waals surface area contributed by atoms with Gasteiger partial charge in [0.05, 0.1) is 10.6 Å². The molecule has 0 radical (unpaired) electrons. The van der Waals surface area contributed by atoms with Crippen LogP contribution in [0.15, 0.2) is 12.3 Å². The van der Waals surface area contributed by atoms with Gasteiger partial charge in [-0.3, -0.25) is 4.40 Å². The first kappa shape index (κ1) is 10.2.